The van der Waals surface area contributed by atoms with E-state index in [4.69, 9.17) is 37.9 Å². The second kappa shape index (κ2) is 21.8. The van der Waals surface area contributed by atoms with Crippen molar-refractivity contribution in [3.8, 4) is 23.3 Å². The normalized spacial score (nSPS) is 25.7. The van der Waals surface area contributed by atoms with Crippen molar-refractivity contribution in [2.45, 2.75) is 168 Å². The van der Waals surface area contributed by atoms with Gasteiger partial charge in [-0.2, -0.15) is 0 Å². The van der Waals surface area contributed by atoms with E-state index in [-0.39, 0.29) is 36.1 Å². The molecule has 0 bridgehead atoms. The van der Waals surface area contributed by atoms with Crippen LogP contribution in [0.25, 0.3) is 0 Å². The summed E-state index contributed by atoms with van der Waals surface area (Å²) in [6, 6.07) is 15.1. The predicted octanol–water partition coefficient (Wildman–Crippen LogP) is 3.84. The number of carbonyl (C=O) groups excluding carboxylic acids is 1. The van der Waals surface area contributed by atoms with Gasteiger partial charge in [-0.1, -0.05) is 24.3 Å². The Labute approximate surface area is 384 Å². The zero-order valence-electron chi connectivity index (χ0n) is 39.2. The second-order valence-corrected chi connectivity index (χ2v) is 17.9. The molecule has 0 spiro atoms. The highest BCUT2D eigenvalue weighted by atomic mass is 16.8. The number of hydrogen-bond acceptors (Lipinski definition) is 17. The van der Waals surface area contributed by atoms with Crippen molar-refractivity contribution in [2.24, 2.45) is 0 Å². The van der Waals surface area contributed by atoms with Crippen LogP contribution in [0.3, 0.4) is 0 Å². The third-order valence-corrected chi connectivity index (χ3v) is 11.3. The van der Waals surface area contributed by atoms with Gasteiger partial charge in [-0.15, -0.1) is 10.2 Å². The standard InChI is InChI=1S/C47H66N4O15/c1-23(2)50-27(9)33(19-29-11-15-31(16-12-29)61-25(5)6)43(48-50)65-45-41(56)39(54)37(52)35(63-45)21-59-47(58)60-22-36-38(53)40(55)42(57)46(64-36)66-44-34(28(10)51(49-44)24(3)4)20-30-13-17-32(18-14-30)62-26(7)8/h11-18,23-26,35-42,45-46,52-57H,19-22H2,1-10H3. The van der Waals surface area contributed by atoms with Crippen LogP contribution in [0.5, 0.6) is 23.3 Å². The molecule has 2 aromatic heterocycles. The molecule has 6 N–H and O–H groups in total. The Balaban J connectivity index is 1.08. The van der Waals surface area contributed by atoms with Crippen LogP contribution >= 0.6 is 0 Å². The molecule has 2 aliphatic rings. The molecule has 2 saturated heterocycles. The van der Waals surface area contributed by atoms with E-state index in [0.29, 0.717) is 24.0 Å². The van der Waals surface area contributed by atoms with Crippen molar-refractivity contribution in [3.63, 3.8) is 0 Å². The summed E-state index contributed by atoms with van der Waals surface area (Å²) < 4.78 is 49.5. The van der Waals surface area contributed by atoms with Crippen LogP contribution in [0.2, 0.25) is 0 Å². The molecule has 2 aromatic carbocycles. The molecule has 364 valence electrons. The van der Waals surface area contributed by atoms with Crippen molar-refractivity contribution < 1.29 is 73.3 Å². The van der Waals surface area contributed by atoms with E-state index in [2.05, 4.69) is 10.2 Å². The molecule has 4 heterocycles. The lowest BCUT2D eigenvalue weighted by Crippen LogP contribution is -2.60. The Hall–Kier alpha value is -4.99. The number of rotatable bonds is 18. The van der Waals surface area contributed by atoms with E-state index >= 15 is 0 Å². The zero-order valence-corrected chi connectivity index (χ0v) is 39.2. The van der Waals surface area contributed by atoms with Crippen molar-refractivity contribution in [1.29, 1.82) is 0 Å². The van der Waals surface area contributed by atoms with Crippen molar-refractivity contribution in [3.05, 3.63) is 82.2 Å². The lowest BCUT2D eigenvalue weighted by atomic mass is 9.99. The van der Waals surface area contributed by atoms with Gasteiger partial charge < -0.3 is 68.5 Å². The fourth-order valence-electron chi connectivity index (χ4n) is 7.84. The number of aliphatic hydroxyl groups excluding tert-OH is 6. The Bertz CT molecular complexity index is 2040. The smallest absolute Gasteiger partial charge is 0.491 e. The van der Waals surface area contributed by atoms with Gasteiger partial charge in [0.2, 0.25) is 24.3 Å². The fourth-order valence-corrected chi connectivity index (χ4v) is 7.84. The highest BCUT2D eigenvalue weighted by molar-refractivity contribution is 5.59. The third-order valence-electron chi connectivity index (χ3n) is 11.3. The Morgan fingerprint density at radius 3 is 1.23 bits per heavy atom. The van der Waals surface area contributed by atoms with Gasteiger partial charge in [-0.3, -0.25) is 9.36 Å². The van der Waals surface area contributed by atoms with Crippen LogP contribution in [-0.4, -0.2) is 143 Å². The average Bonchev–Trinajstić information content (AvgIpc) is 3.74. The van der Waals surface area contributed by atoms with E-state index in [1.54, 1.807) is 9.36 Å². The van der Waals surface area contributed by atoms with Crippen LogP contribution in [-0.2, 0) is 31.8 Å². The van der Waals surface area contributed by atoms with E-state index < -0.39 is 80.8 Å². The second-order valence-electron chi connectivity index (χ2n) is 17.9. The first-order valence-electron chi connectivity index (χ1n) is 22.4. The first kappa shape index (κ1) is 50.4. The molecule has 10 atom stereocenters. The summed E-state index contributed by atoms with van der Waals surface area (Å²) in [4.78, 5) is 12.9. The van der Waals surface area contributed by atoms with Crippen LogP contribution in [0.1, 0.15) is 101 Å². The molecule has 0 aliphatic carbocycles. The summed E-state index contributed by atoms with van der Waals surface area (Å²) in [7, 11) is 0. The maximum Gasteiger partial charge on any atom is 0.508 e. The zero-order chi connectivity index (χ0) is 48.1. The first-order chi connectivity index (χ1) is 31.2. The number of benzene rings is 2. The Kier molecular flexibility index (Phi) is 16.6. The summed E-state index contributed by atoms with van der Waals surface area (Å²) >= 11 is 0. The summed E-state index contributed by atoms with van der Waals surface area (Å²) in [5.41, 5.74) is 4.87. The molecule has 2 aliphatic heterocycles. The van der Waals surface area contributed by atoms with Gasteiger partial charge in [0.15, 0.2) is 0 Å². The van der Waals surface area contributed by atoms with Gasteiger partial charge in [0, 0.05) is 47.4 Å². The van der Waals surface area contributed by atoms with Crippen LogP contribution in [0, 0.1) is 13.8 Å². The number of hydrogen-bond donors (Lipinski definition) is 6. The van der Waals surface area contributed by atoms with Crippen LogP contribution in [0.15, 0.2) is 48.5 Å². The minimum atomic E-state index is -1.77. The molecule has 4 aromatic rings. The van der Waals surface area contributed by atoms with Crippen LogP contribution < -0.4 is 18.9 Å². The maximum atomic E-state index is 12.9. The highest BCUT2D eigenvalue weighted by Gasteiger charge is 2.48. The third kappa shape index (κ3) is 11.9. The molecule has 0 amide bonds. The molecular formula is C47H66N4O15. The Morgan fingerprint density at radius 1 is 0.561 bits per heavy atom. The number of carbonyl (C=O) groups is 1. The van der Waals surface area contributed by atoms with Gasteiger partial charge >= 0.3 is 6.16 Å². The van der Waals surface area contributed by atoms with Gasteiger partial charge in [-0.25, -0.2) is 4.79 Å². The lowest BCUT2D eigenvalue weighted by Gasteiger charge is -2.40. The molecule has 66 heavy (non-hydrogen) atoms. The summed E-state index contributed by atoms with van der Waals surface area (Å²) in [6.07, 6.45) is -16.7. The van der Waals surface area contributed by atoms with Crippen molar-refractivity contribution in [1.82, 2.24) is 19.6 Å². The van der Waals surface area contributed by atoms with Gasteiger partial charge in [0.1, 0.15) is 73.5 Å². The van der Waals surface area contributed by atoms with E-state index in [0.717, 1.165) is 34.0 Å². The monoisotopic (exact) mass is 926 g/mol. The quantitative estimate of drug-likeness (QED) is 0.0776. The topological polar surface area (TPSA) is 248 Å². The van der Waals surface area contributed by atoms with Crippen molar-refractivity contribution in [2.75, 3.05) is 13.2 Å². The molecule has 19 nitrogen and oxygen atoms in total. The number of nitrogens with zero attached hydrogens (tertiary/aromatic N) is 4. The largest absolute Gasteiger partial charge is 0.508 e. The van der Waals surface area contributed by atoms with Gasteiger partial charge in [-0.05, 0) is 105 Å². The van der Waals surface area contributed by atoms with E-state index in [1.165, 1.54) is 0 Å². The number of aromatic nitrogens is 4. The first-order valence-corrected chi connectivity index (χ1v) is 22.4. The predicted molar refractivity (Wildman–Crippen MR) is 237 cm³/mol. The van der Waals surface area contributed by atoms with Gasteiger partial charge in [0.05, 0.1) is 12.2 Å². The maximum absolute atomic E-state index is 12.9. The number of aliphatic hydroxyl groups is 6. The molecule has 0 radical (unpaired) electrons. The lowest BCUT2D eigenvalue weighted by molar-refractivity contribution is -0.281. The highest BCUT2D eigenvalue weighted by Crippen LogP contribution is 2.33. The van der Waals surface area contributed by atoms with Gasteiger partial charge in [0.25, 0.3) is 0 Å². The summed E-state index contributed by atoms with van der Waals surface area (Å²) in [5.74, 6) is 1.72. The molecule has 0 saturated carbocycles. The Morgan fingerprint density at radius 2 is 0.909 bits per heavy atom. The molecule has 19 heteroatoms. The van der Waals surface area contributed by atoms with Crippen LogP contribution in [0.4, 0.5) is 4.79 Å². The minimum absolute atomic E-state index is 0.0151. The fraction of sp³-hybridized carbons (Fsp3) is 0.596. The molecule has 10 unspecified atom stereocenters. The summed E-state index contributed by atoms with van der Waals surface area (Å²) in [6.45, 7) is 18.1. The number of ether oxygens (including phenoxy) is 8. The average molecular weight is 927 g/mol. The van der Waals surface area contributed by atoms with E-state index in [1.807, 2.05) is 118 Å². The molecular weight excluding hydrogens is 861 g/mol. The SMILES string of the molecule is Cc1c(Cc2ccc(OC(C)C)cc2)c(OC2OC(COC(=O)OCC3OC(Oc4nn(C(C)C)c(C)c4Cc4ccc(OC(C)C)cc4)C(O)C(O)C3O)C(O)C(O)C2O)nn1C(C)C. The summed E-state index contributed by atoms with van der Waals surface area (Å²) in [5, 5.41) is 74.5. The molecule has 2 fully saturated rings. The van der Waals surface area contributed by atoms with E-state index in [9.17, 15) is 35.4 Å². The minimum Gasteiger partial charge on any atom is -0.491 e. The van der Waals surface area contributed by atoms with Crippen molar-refractivity contribution >= 4 is 6.16 Å². The molecule has 6 rings (SSSR count).